The van der Waals surface area contributed by atoms with E-state index in [4.69, 9.17) is 5.73 Å². The molecule has 116 valence electrons. The second-order valence-electron chi connectivity index (χ2n) is 5.05. The van der Waals surface area contributed by atoms with Crippen LogP contribution in [0.15, 0.2) is 64.5 Å². The van der Waals surface area contributed by atoms with Crippen LogP contribution in [-0.2, 0) is 4.79 Å². The van der Waals surface area contributed by atoms with Gasteiger partial charge in [0.2, 0.25) is 5.91 Å². The first-order valence-corrected chi connectivity index (χ1v) is 7.99. The molecule has 0 spiro atoms. The average Bonchev–Trinajstić information content (AvgIpc) is 2.56. The number of amides is 1. The fourth-order valence-corrected chi connectivity index (χ4v) is 3.09. The third-order valence-corrected chi connectivity index (χ3v) is 4.51. The van der Waals surface area contributed by atoms with E-state index < -0.39 is 11.2 Å². The van der Waals surface area contributed by atoms with Crippen LogP contribution in [0.2, 0.25) is 0 Å². The molecule has 1 unspecified atom stereocenters. The molecule has 1 atom stereocenters. The van der Waals surface area contributed by atoms with Crippen LogP contribution < -0.4 is 11.3 Å². The highest BCUT2D eigenvalue weighted by Crippen LogP contribution is 2.24. The first-order chi connectivity index (χ1) is 11.1. The lowest BCUT2D eigenvalue weighted by molar-refractivity contribution is -0.117. The van der Waals surface area contributed by atoms with Crippen LogP contribution in [0.5, 0.6) is 0 Å². The number of nitrogens with zero attached hydrogens (tertiary/aromatic N) is 2. The fourth-order valence-electron chi connectivity index (χ4n) is 2.21. The smallest absolute Gasteiger partial charge is 0.266 e. The van der Waals surface area contributed by atoms with Crippen molar-refractivity contribution in [3.05, 3.63) is 65.0 Å². The Kier molecular flexibility index (Phi) is 4.16. The summed E-state index contributed by atoms with van der Waals surface area (Å²) in [6.45, 7) is 1.70. The topological polar surface area (TPSA) is 78.0 Å². The Morgan fingerprint density at radius 1 is 1.13 bits per heavy atom. The summed E-state index contributed by atoms with van der Waals surface area (Å²) < 4.78 is 1.52. The molecular weight excluding hydrogens is 310 g/mol. The summed E-state index contributed by atoms with van der Waals surface area (Å²) in [5.74, 6) is -0.447. The minimum absolute atomic E-state index is 0.166. The van der Waals surface area contributed by atoms with Crippen LogP contribution in [0.3, 0.4) is 0 Å². The second kappa shape index (κ2) is 6.26. The van der Waals surface area contributed by atoms with Crippen molar-refractivity contribution in [1.29, 1.82) is 0 Å². The van der Waals surface area contributed by atoms with Crippen molar-refractivity contribution in [3.8, 4) is 5.69 Å². The SMILES string of the molecule is CC(Sc1nc2ccccc2c(=O)n1-c1ccccc1)C(N)=O. The Labute approximate surface area is 137 Å². The number of primary amides is 1. The minimum atomic E-state index is -0.488. The Morgan fingerprint density at radius 2 is 1.78 bits per heavy atom. The summed E-state index contributed by atoms with van der Waals surface area (Å²) in [6.07, 6.45) is 0. The van der Waals surface area contributed by atoms with E-state index >= 15 is 0 Å². The number of carbonyl (C=O) groups is 1. The van der Waals surface area contributed by atoms with Gasteiger partial charge in [-0.2, -0.15) is 0 Å². The van der Waals surface area contributed by atoms with Crippen molar-refractivity contribution in [3.63, 3.8) is 0 Å². The molecule has 1 heterocycles. The maximum atomic E-state index is 12.9. The molecule has 0 saturated carbocycles. The predicted molar refractivity (Wildman–Crippen MR) is 91.9 cm³/mol. The number of fused-ring (bicyclic) bond motifs is 1. The molecule has 1 aromatic heterocycles. The molecule has 0 aliphatic rings. The summed E-state index contributed by atoms with van der Waals surface area (Å²) in [5, 5.41) is 0.497. The number of hydrogen-bond donors (Lipinski definition) is 1. The van der Waals surface area contributed by atoms with E-state index in [-0.39, 0.29) is 5.56 Å². The average molecular weight is 325 g/mol. The number of hydrogen-bond acceptors (Lipinski definition) is 4. The summed E-state index contributed by atoms with van der Waals surface area (Å²) in [7, 11) is 0. The molecule has 23 heavy (non-hydrogen) atoms. The number of aromatic nitrogens is 2. The van der Waals surface area contributed by atoms with Gasteiger partial charge in [-0.1, -0.05) is 42.1 Å². The van der Waals surface area contributed by atoms with Crippen molar-refractivity contribution in [2.75, 3.05) is 0 Å². The fraction of sp³-hybridized carbons (Fsp3) is 0.118. The van der Waals surface area contributed by atoms with Crippen molar-refractivity contribution >= 4 is 28.6 Å². The quantitative estimate of drug-likeness (QED) is 0.590. The number of benzene rings is 2. The van der Waals surface area contributed by atoms with Crippen LogP contribution in [0, 0.1) is 0 Å². The summed E-state index contributed by atoms with van der Waals surface area (Å²) >= 11 is 1.18. The largest absolute Gasteiger partial charge is 0.369 e. The summed E-state index contributed by atoms with van der Waals surface area (Å²) in [6, 6.07) is 16.4. The molecule has 2 aromatic carbocycles. The molecule has 0 fully saturated rings. The third kappa shape index (κ3) is 2.98. The van der Waals surface area contributed by atoms with Crippen molar-refractivity contribution in [1.82, 2.24) is 9.55 Å². The lowest BCUT2D eigenvalue weighted by Crippen LogP contribution is -2.26. The summed E-state index contributed by atoms with van der Waals surface area (Å²) in [5.41, 5.74) is 6.49. The highest BCUT2D eigenvalue weighted by molar-refractivity contribution is 8.00. The van der Waals surface area contributed by atoms with Crippen LogP contribution >= 0.6 is 11.8 Å². The highest BCUT2D eigenvalue weighted by atomic mass is 32.2. The van der Waals surface area contributed by atoms with Crippen molar-refractivity contribution < 1.29 is 4.79 Å². The highest BCUT2D eigenvalue weighted by Gasteiger charge is 2.18. The molecule has 0 aliphatic heterocycles. The lowest BCUT2D eigenvalue weighted by atomic mass is 10.2. The van der Waals surface area contributed by atoms with Gasteiger partial charge in [-0.25, -0.2) is 4.98 Å². The Bertz CT molecular complexity index is 922. The first kappa shape index (κ1) is 15.3. The first-order valence-electron chi connectivity index (χ1n) is 7.11. The van der Waals surface area contributed by atoms with Crippen molar-refractivity contribution in [2.24, 2.45) is 5.73 Å². The van der Waals surface area contributed by atoms with Gasteiger partial charge in [-0.05, 0) is 31.2 Å². The second-order valence-corrected chi connectivity index (χ2v) is 6.36. The summed E-state index contributed by atoms with van der Waals surface area (Å²) in [4.78, 5) is 28.8. The molecular formula is C17H15N3O2S. The van der Waals surface area contributed by atoms with E-state index in [1.807, 2.05) is 36.4 Å². The number of para-hydroxylation sites is 2. The van der Waals surface area contributed by atoms with Crippen LogP contribution in [0.25, 0.3) is 16.6 Å². The van der Waals surface area contributed by atoms with Gasteiger partial charge in [-0.3, -0.25) is 14.2 Å². The van der Waals surface area contributed by atoms with E-state index in [1.54, 1.807) is 25.1 Å². The van der Waals surface area contributed by atoms with Gasteiger partial charge in [-0.15, -0.1) is 0 Å². The van der Waals surface area contributed by atoms with Crippen LogP contribution in [0.1, 0.15) is 6.92 Å². The zero-order valence-corrected chi connectivity index (χ0v) is 13.3. The molecule has 0 aliphatic carbocycles. The molecule has 0 saturated heterocycles. The van der Waals surface area contributed by atoms with Gasteiger partial charge in [0, 0.05) is 0 Å². The molecule has 3 aromatic rings. The maximum Gasteiger partial charge on any atom is 0.266 e. The maximum absolute atomic E-state index is 12.9. The lowest BCUT2D eigenvalue weighted by Gasteiger charge is -2.14. The molecule has 5 nitrogen and oxygen atoms in total. The standard InChI is InChI=1S/C17H15N3O2S/c1-11(15(18)21)23-17-19-14-10-6-5-9-13(14)16(22)20(17)12-7-3-2-4-8-12/h2-11H,1H3,(H2,18,21). The predicted octanol–water partition coefficient (Wildman–Crippen LogP) is 2.35. The van der Waals surface area contributed by atoms with Crippen LogP contribution in [-0.4, -0.2) is 20.7 Å². The van der Waals surface area contributed by atoms with Gasteiger partial charge in [0.1, 0.15) is 0 Å². The van der Waals surface area contributed by atoms with Gasteiger partial charge in [0.05, 0.1) is 21.8 Å². The molecule has 2 N–H and O–H groups in total. The van der Waals surface area contributed by atoms with Gasteiger partial charge in [0.25, 0.3) is 5.56 Å². The van der Waals surface area contributed by atoms with E-state index in [0.717, 1.165) is 0 Å². The Morgan fingerprint density at radius 3 is 2.48 bits per heavy atom. The van der Waals surface area contributed by atoms with E-state index in [2.05, 4.69) is 4.98 Å². The molecule has 0 bridgehead atoms. The normalized spacial score (nSPS) is 12.2. The molecule has 3 rings (SSSR count). The Balaban J connectivity index is 2.28. The van der Waals surface area contributed by atoms with E-state index in [0.29, 0.717) is 21.7 Å². The zero-order valence-electron chi connectivity index (χ0n) is 12.5. The number of nitrogens with two attached hydrogens (primary N) is 1. The number of thioether (sulfide) groups is 1. The molecule has 6 heteroatoms. The van der Waals surface area contributed by atoms with Gasteiger partial charge < -0.3 is 5.73 Å². The molecule has 0 radical (unpaired) electrons. The number of carbonyl (C=O) groups excluding carboxylic acids is 1. The monoisotopic (exact) mass is 325 g/mol. The zero-order chi connectivity index (χ0) is 16.4. The van der Waals surface area contributed by atoms with Gasteiger partial charge >= 0.3 is 0 Å². The minimum Gasteiger partial charge on any atom is -0.369 e. The van der Waals surface area contributed by atoms with E-state index in [1.165, 1.54) is 16.3 Å². The van der Waals surface area contributed by atoms with E-state index in [9.17, 15) is 9.59 Å². The van der Waals surface area contributed by atoms with Gasteiger partial charge in [0.15, 0.2) is 5.16 Å². The molecule has 1 amide bonds. The third-order valence-electron chi connectivity index (χ3n) is 3.44. The Hall–Kier alpha value is -2.60. The van der Waals surface area contributed by atoms with Crippen LogP contribution in [0.4, 0.5) is 0 Å². The number of rotatable bonds is 4. The van der Waals surface area contributed by atoms with Crippen molar-refractivity contribution in [2.45, 2.75) is 17.3 Å².